The van der Waals surface area contributed by atoms with Gasteiger partial charge in [-0.2, -0.15) is 18.0 Å². The van der Waals surface area contributed by atoms with Gasteiger partial charge in [-0.05, 0) is 56.6 Å². The fourth-order valence-corrected chi connectivity index (χ4v) is 6.05. The Morgan fingerprint density at radius 2 is 2.10 bits per heavy atom. The van der Waals surface area contributed by atoms with E-state index >= 15 is 0 Å². The number of halogens is 1. The van der Waals surface area contributed by atoms with Crippen molar-refractivity contribution in [2.24, 2.45) is 0 Å². The quantitative estimate of drug-likeness (QED) is 0.387. The molecule has 0 bridgehead atoms. The van der Waals surface area contributed by atoms with Gasteiger partial charge in [-0.1, -0.05) is 6.92 Å². The zero-order valence-electron chi connectivity index (χ0n) is 22.0. The van der Waals surface area contributed by atoms with Crippen molar-refractivity contribution in [1.82, 2.24) is 19.2 Å². The molecule has 5 rings (SSSR count). The second kappa shape index (κ2) is 10.7. The van der Waals surface area contributed by atoms with Gasteiger partial charge in [0.1, 0.15) is 17.0 Å². The summed E-state index contributed by atoms with van der Waals surface area (Å²) in [5.74, 6) is -2.47. The minimum atomic E-state index is -4.03. The van der Waals surface area contributed by atoms with E-state index < -0.39 is 38.6 Å². The van der Waals surface area contributed by atoms with Crippen LogP contribution in [0, 0.1) is 17.1 Å². The van der Waals surface area contributed by atoms with E-state index in [1.807, 2.05) is 0 Å². The van der Waals surface area contributed by atoms with Crippen LogP contribution >= 0.6 is 0 Å². The van der Waals surface area contributed by atoms with E-state index in [2.05, 4.69) is 15.0 Å². The Morgan fingerprint density at radius 3 is 2.80 bits per heavy atom. The van der Waals surface area contributed by atoms with Crippen LogP contribution in [-0.4, -0.2) is 66.3 Å². The van der Waals surface area contributed by atoms with Crippen molar-refractivity contribution >= 4 is 26.8 Å². The predicted octanol–water partition coefficient (Wildman–Crippen LogP) is 2.60. The molecule has 3 heterocycles. The lowest BCUT2D eigenvalue weighted by molar-refractivity contribution is -0.0196. The second-order valence-electron chi connectivity index (χ2n) is 9.90. The number of piperidine rings is 1. The van der Waals surface area contributed by atoms with Crippen molar-refractivity contribution in [2.75, 3.05) is 38.0 Å². The Kier molecular flexibility index (Phi) is 7.40. The zero-order chi connectivity index (χ0) is 28.7. The first-order valence-electron chi connectivity index (χ1n) is 12.8. The molecule has 2 fully saturated rings. The molecule has 2 saturated heterocycles. The van der Waals surface area contributed by atoms with Crippen molar-refractivity contribution < 1.29 is 27.4 Å². The summed E-state index contributed by atoms with van der Waals surface area (Å²) in [6.07, 6.45) is 3.72. The first kappa shape index (κ1) is 27.8. The lowest BCUT2D eigenvalue weighted by Crippen LogP contribution is -2.41. The Bertz CT molecular complexity index is 1660. The first-order chi connectivity index (χ1) is 19.1. The standard InChI is InChI=1S/C26H29FN6O6S/c1-3-32(2)40(36,37)31-19-5-4-18(27)24(17(19)13-28)39-21-7-6-20-22(23(21)34)25(35)33(15-30-20)16-12-26(38-14-16)8-10-29-11-9-26/h4-7,15-16,29,31,34H,3,8-12,14H2,1-2H3/t16-/m1/s1. The number of rotatable bonds is 7. The van der Waals surface area contributed by atoms with Gasteiger partial charge in [0.15, 0.2) is 23.1 Å². The summed E-state index contributed by atoms with van der Waals surface area (Å²) in [6.45, 7) is 3.77. The van der Waals surface area contributed by atoms with Gasteiger partial charge >= 0.3 is 10.2 Å². The third kappa shape index (κ3) is 4.97. The molecule has 1 spiro atoms. The van der Waals surface area contributed by atoms with E-state index in [0.29, 0.717) is 13.0 Å². The number of aromatic hydroxyl groups is 1. The SMILES string of the molecule is CCN(C)S(=O)(=O)Nc1ccc(F)c(Oc2ccc3ncn([C@H]4COC5(CCNCC5)C4)c(=O)c3c2O)c1C#N. The maximum absolute atomic E-state index is 14.9. The Labute approximate surface area is 230 Å². The molecular formula is C26H29FN6O6S. The average Bonchev–Trinajstić information content (AvgIpc) is 3.34. The number of ether oxygens (including phenoxy) is 2. The van der Waals surface area contributed by atoms with Crippen LogP contribution in [0.15, 0.2) is 35.4 Å². The molecule has 14 heteroatoms. The van der Waals surface area contributed by atoms with E-state index in [0.717, 1.165) is 42.4 Å². The Hall–Kier alpha value is -3.77. The summed E-state index contributed by atoms with van der Waals surface area (Å²) in [7, 11) is -2.69. The van der Waals surface area contributed by atoms with Crippen molar-refractivity contribution in [3.8, 4) is 23.3 Å². The Morgan fingerprint density at radius 1 is 1.35 bits per heavy atom. The highest BCUT2D eigenvalue weighted by Gasteiger charge is 2.42. The van der Waals surface area contributed by atoms with Crippen LogP contribution in [0.1, 0.15) is 37.8 Å². The van der Waals surface area contributed by atoms with Crippen LogP contribution in [-0.2, 0) is 14.9 Å². The van der Waals surface area contributed by atoms with Crippen LogP contribution in [0.4, 0.5) is 10.1 Å². The number of nitrogens with one attached hydrogen (secondary N) is 2. The second-order valence-corrected chi connectivity index (χ2v) is 11.7. The molecule has 0 aliphatic carbocycles. The number of benzene rings is 2. The molecule has 40 heavy (non-hydrogen) atoms. The normalized spacial score (nSPS) is 18.7. The van der Waals surface area contributed by atoms with E-state index in [4.69, 9.17) is 9.47 Å². The molecule has 0 amide bonds. The van der Waals surface area contributed by atoms with Crippen molar-refractivity contribution in [1.29, 1.82) is 5.26 Å². The van der Waals surface area contributed by atoms with Crippen LogP contribution in [0.5, 0.6) is 17.2 Å². The van der Waals surface area contributed by atoms with Gasteiger partial charge in [0, 0.05) is 13.6 Å². The highest BCUT2D eigenvalue weighted by molar-refractivity contribution is 7.90. The summed E-state index contributed by atoms with van der Waals surface area (Å²) in [6, 6.07) is 6.24. The molecule has 0 saturated carbocycles. The first-order valence-corrected chi connectivity index (χ1v) is 14.2. The molecule has 1 atom stereocenters. The minimum absolute atomic E-state index is 0.133. The smallest absolute Gasteiger partial charge is 0.301 e. The predicted molar refractivity (Wildman–Crippen MR) is 144 cm³/mol. The largest absolute Gasteiger partial charge is 0.504 e. The third-order valence-corrected chi connectivity index (χ3v) is 9.07. The number of anilines is 1. The van der Waals surface area contributed by atoms with E-state index in [-0.39, 0.29) is 40.5 Å². The number of nitrogens with zero attached hydrogens (tertiary/aromatic N) is 4. The number of hydrogen-bond acceptors (Lipinski definition) is 9. The summed E-state index contributed by atoms with van der Waals surface area (Å²) in [5.41, 5.74) is -1.27. The van der Waals surface area contributed by atoms with E-state index in [1.165, 1.54) is 30.1 Å². The van der Waals surface area contributed by atoms with Crippen molar-refractivity contribution in [2.45, 2.75) is 37.8 Å². The summed E-state index contributed by atoms with van der Waals surface area (Å²) in [5, 5.41) is 24.0. The lowest BCUT2D eigenvalue weighted by Gasteiger charge is -2.32. The lowest BCUT2D eigenvalue weighted by atomic mass is 9.88. The van der Waals surface area contributed by atoms with Crippen molar-refractivity contribution in [3.63, 3.8) is 0 Å². The van der Waals surface area contributed by atoms with E-state index in [1.54, 1.807) is 13.0 Å². The minimum Gasteiger partial charge on any atom is -0.504 e. The molecule has 212 valence electrons. The zero-order valence-corrected chi connectivity index (χ0v) is 22.8. The van der Waals surface area contributed by atoms with Gasteiger partial charge in [0.05, 0.1) is 35.8 Å². The number of aromatic nitrogens is 2. The topological polar surface area (TPSA) is 159 Å². The summed E-state index contributed by atoms with van der Waals surface area (Å²) >= 11 is 0. The van der Waals surface area contributed by atoms with Crippen LogP contribution in [0.25, 0.3) is 10.9 Å². The number of fused-ring (bicyclic) bond motifs is 1. The monoisotopic (exact) mass is 572 g/mol. The number of hydrogen-bond donors (Lipinski definition) is 3. The van der Waals surface area contributed by atoms with E-state index in [9.17, 15) is 28.0 Å². The van der Waals surface area contributed by atoms with Gasteiger partial charge in [-0.25, -0.2) is 9.37 Å². The van der Waals surface area contributed by atoms with Crippen LogP contribution in [0.2, 0.25) is 0 Å². The van der Waals surface area contributed by atoms with Gasteiger partial charge in [-0.15, -0.1) is 0 Å². The summed E-state index contributed by atoms with van der Waals surface area (Å²) in [4.78, 5) is 17.9. The van der Waals surface area contributed by atoms with Gasteiger partial charge < -0.3 is 19.9 Å². The van der Waals surface area contributed by atoms with Gasteiger partial charge in [0.2, 0.25) is 0 Å². The highest BCUT2D eigenvalue weighted by Crippen LogP contribution is 2.41. The fraction of sp³-hybridized carbons (Fsp3) is 0.423. The maximum atomic E-state index is 14.9. The molecule has 0 radical (unpaired) electrons. The van der Waals surface area contributed by atoms with Crippen molar-refractivity contribution in [3.05, 3.63) is 52.3 Å². The van der Waals surface area contributed by atoms with Crippen LogP contribution in [0.3, 0.4) is 0 Å². The highest BCUT2D eigenvalue weighted by atomic mass is 32.2. The molecule has 12 nitrogen and oxygen atoms in total. The van der Waals surface area contributed by atoms with Crippen LogP contribution < -0.4 is 20.3 Å². The fourth-order valence-electron chi connectivity index (χ4n) is 5.11. The molecule has 2 aromatic carbocycles. The number of phenolic OH excluding ortho intramolecular Hbond substituents is 1. The van der Waals surface area contributed by atoms with Gasteiger partial charge in [0.25, 0.3) is 5.56 Å². The average molecular weight is 573 g/mol. The Balaban J connectivity index is 1.51. The number of phenols is 1. The molecule has 2 aliphatic rings. The molecule has 3 aromatic rings. The number of nitriles is 1. The van der Waals surface area contributed by atoms with Gasteiger partial charge in [-0.3, -0.25) is 14.1 Å². The molecular weight excluding hydrogens is 543 g/mol. The molecule has 3 N–H and O–H groups in total. The molecule has 1 aromatic heterocycles. The third-order valence-electron chi connectivity index (χ3n) is 7.51. The molecule has 2 aliphatic heterocycles. The molecule has 0 unspecified atom stereocenters. The summed E-state index contributed by atoms with van der Waals surface area (Å²) < 4.78 is 56.3. The maximum Gasteiger partial charge on any atom is 0.301 e.